The highest BCUT2D eigenvalue weighted by atomic mass is 16.3. The monoisotopic (exact) mass is 182 g/mol. The van der Waals surface area contributed by atoms with Crippen LogP contribution in [0.25, 0.3) is 0 Å². The third-order valence-corrected chi connectivity index (χ3v) is 3.79. The molecular formula is C11H18O2. The number of carbonyl (C=O) groups is 1. The fourth-order valence-corrected chi connectivity index (χ4v) is 3.13. The van der Waals surface area contributed by atoms with Crippen LogP contribution in [0.1, 0.15) is 46.0 Å². The largest absolute Gasteiger partial charge is 0.393 e. The van der Waals surface area contributed by atoms with Gasteiger partial charge in [0.2, 0.25) is 0 Å². The van der Waals surface area contributed by atoms with Crippen molar-refractivity contribution in [2.45, 2.75) is 52.1 Å². The summed E-state index contributed by atoms with van der Waals surface area (Å²) < 4.78 is 0. The van der Waals surface area contributed by atoms with E-state index >= 15 is 0 Å². The Labute approximate surface area is 79.3 Å². The van der Waals surface area contributed by atoms with Crippen LogP contribution >= 0.6 is 0 Å². The summed E-state index contributed by atoms with van der Waals surface area (Å²) in [5.74, 6) is 0.402. The van der Waals surface area contributed by atoms with Gasteiger partial charge >= 0.3 is 0 Å². The minimum absolute atomic E-state index is 0.0935. The Morgan fingerprint density at radius 1 is 1.38 bits per heavy atom. The van der Waals surface area contributed by atoms with Crippen molar-refractivity contribution in [3.63, 3.8) is 0 Å². The number of aliphatic hydroxyl groups is 1. The second-order valence-electron chi connectivity index (χ2n) is 5.55. The molecule has 2 aliphatic rings. The maximum atomic E-state index is 11.6. The van der Waals surface area contributed by atoms with Crippen LogP contribution in [0.15, 0.2) is 0 Å². The summed E-state index contributed by atoms with van der Waals surface area (Å²) in [6, 6.07) is 0. The maximum absolute atomic E-state index is 11.6. The summed E-state index contributed by atoms with van der Waals surface area (Å²) >= 11 is 0. The molecule has 74 valence electrons. The van der Waals surface area contributed by atoms with Gasteiger partial charge in [-0.3, -0.25) is 4.79 Å². The van der Waals surface area contributed by atoms with Crippen molar-refractivity contribution in [1.82, 2.24) is 0 Å². The predicted octanol–water partition coefficient (Wildman–Crippen LogP) is 1.91. The van der Waals surface area contributed by atoms with Crippen LogP contribution in [0.2, 0.25) is 0 Å². The van der Waals surface area contributed by atoms with E-state index in [1.54, 1.807) is 0 Å². The van der Waals surface area contributed by atoms with Crippen LogP contribution in [0.5, 0.6) is 0 Å². The molecule has 2 rings (SSSR count). The second-order valence-corrected chi connectivity index (χ2v) is 5.55. The second kappa shape index (κ2) is 2.57. The molecule has 2 nitrogen and oxygen atoms in total. The van der Waals surface area contributed by atoms with Gasteiger partial charge in [0.25, 0.3) is 0 Å². The Bertz CT molecular complexity index is 236. The van der Waals surface area contributed by atoms with Gasteiger partial charge in [-0.05, 0) is 31.1 Å². The van der Waals surface area contributed by atoms with E-state index in [1.807, 2.05) is 13.8 Å². The lowest BCUT2D eigenvalue weighted by atomic mass is 9.53. The van der Waals surface area contributed by atoms with Gasteiger partial charge in [-0.2, -0.15) is 0 Å². The summed E-state index contributed by atoms with van der Waals surface area (Å²) in [6.07, 6.45) is 4.46. The molecule has 0 unspecified atom stereocenters. The number of rotatable bonds is 0. The molecule has 1 N–H and O–H groups in total. The van der Waals surface area contributed by atoms with Crippen molar-refractivity contribution in [1.29, 1.82) is 0 Å². The van der Waals surface area contributed by atoms with E-state index in [0.29, 0.717) is 11.2 Å². The SMILES string of the molecule is CC1(C)CC2(CCC1=O)CC(O)C2. The van der Waals surface area contributed by atoms with Gasteiger partial charge in [0.15, 0.2) is 0 Å². The minimum atomic E-state index is -0.140. The van der Waals surface area contributed by atoms with Crippen molar-refractivity contribution in [2.24, 2.45) is 10.8 Å². The van der Waals surface area contributed by atoms with E-state index in [9.17, 15) is 9.90 Å². The summed E-state index contributed by atoms with van der Waals surface area (Å²) in [6.45, 7) is 4.09. The molecule has 13 heavy (non-hydrogen) atoms. The first kappa shape index (κ1) is 9.20. The molecule has 0 heterocycles. The Kier molecular flexibility index (Phi) is 1.82. The lowest BCUT2D eigenvalue weighted by Gasteiger charge is -2.52. The van der Waals surface area contributed by atoms with Gasteiger partial charge < -0.3 is 5.11 Å². The van der Waals surface area contributed by atoms with E-state index in [-0.39, 0.29) is 11.5 Å². The Hall–Kier alpha value is -0.370. The number of ketones is 1. The zero-order valence-electron chi connectivity index (χ0n) is 8.47. The molecule has 0 aromatic heterocycles. The highest BCUT2D eigenvalue weighted by Crippen LogP contribution is 2.55. The topological polar surface area (TPSA) is 37.3 Å². The summed E-state index contributed by atoms with van der Waals surface area (Å²) in [5, 5.41) is 9.32. The third-order valence-electron chi connectivity index (χ3n) is 3.79. The number of carbonyl (C=O) groups excluding carboxylic acids is 1. The molecule has 0 aliphatic heterocycles. The van der Waals surface area contributed by atoms with Crippen molar-refractivity contribution >= 4 is 5.78 Å². The molecule has 2 fully saturated rings. The van der Waals surface area contributed by atoms with E-state index in [4.69, 9.17) is 0 Å². The lowest BCUT2D eigenvalue weighted by Crippen LogP contribution is -2.48. The van der Waals surface area contributed by atoms with E-state index in [1.165, 1.54) is 0 Å². The van der Waals surface area contributed by atoms with Gasteiger partial charge in [0, 0.05) is 11.8 Å². The fourth-order valence-electron chi connectivity index (χ4n) is 3.13. The molecule has 0 saturated heterocycles. The summed E-state index contributed by atoms with van der Waals surface area (Å²) in [4.78, 5) is 11.6. The minimum Gasteiger partial charge on any atom is -0.393 e. The molecular weight excluding hydrogens is 164 g/mol. The van der Waals surface area contributed by atoms with Gasteiger partial charge in [0.05, 0.1) is 6.10 Å². The average molecular weight is 182 g/mol. The van der Waals surface area contributed by atoms with Crippen LogP contribution in [0, 0.1) is 10.8 Å². The Balaban J connectivity index is 2.08. The number of hydrogen-bond acceptors (Lipinski definition) is 2. The zero-order valence-corrected chi connectivity index (χ0v) is 8.47. The van der Waals surface area contributed by atoms with Crippen molar-refractivity contribution in [3.8, 4) is 0 Å². The van der Waals surface area contributed by atoms with Gasteiger partial charge in [-0.15, -0.1) is 0 Å². The highest BCUT2D eigenvalue weighted by molar-refractivity contribution is 5.85. The van der Waals surface area contributed by atoms with E-state index in [0.717, 1.165) is 32.1 Å². The standard InChI is InChI=1S/C11H18O2/c1-10(2)7-11(4-3-9(10)13)5-8(12)6-11/h8,12H,3-7H2,1-2H3. The zero-order chi connectivity index (χ0) is 9.69. The lowest BCUT2D eigenvalue weighted by molar-refractivity contribution is -0.142. The first-order valence-electron chi connectivity index (χ1n) is 5.15. The van der Waals surface area contributed by atoms with Crippen molar-refractivity contribution in [3.05, 3.63) is 0 Å². The number of Topliss-reactive ketones (excluding diaryl/α,β-unsaturated/α-hetero) is 1. The van der Waals surface area contributed by atoms with Crippen LogP contribution in [0.4, 0.5) is 0 Å². The van der Waals surface area contributed by atoms with Crippen molar-refractivity contribution in [2.75, 3.05) is 0 Å². The van der Waals surface area contributed by atoms with Crippen LogP contribution < -0.4 is 0 Å². The molecule has 0 amide bonds. The molecule has 2 aliphatic carbocycles. The predicted molar refractivity (Wildman–Crippen MR) is 50.3 cm³/mol. The molecule has 1 spiro atoms. The Morgan fingerprint density at radius 3 is 2.46 bits per heavy atom. The normalized spacial score (nSPS) is 43.3. The van der Waals surface area contributed by atoms with Gasteiger partial charge in [0.1, 0.15) is 5.78 Å². The fraction of sp³-hybridized carbons (Fsp3) is 0.909. The quantitative estimate of drug-likeness (QED) is 0.621. The van der Waals surface area contributed by atoms with Gasteiger partial charge in [-0.1, -0.05) is 13.8 Å². The van der Waals surface area contributed by atoms with Crippen LogP contribution in [-0.4, -0.2) is 17.0 Å². The maximum Gasteiger partial charge on any atom is 0.138 e. The summed E-state index contributed by atoms with van der Waals surface area (Å²) in [5.41, 5.74) is 0.176. The number of aliphatic hydroxyl groups excluding tert-OH is 1. The molecule has 0 radical (unpaired) electrons. The van der Waals surface area contributed by atoms with Gasteiger partial charge in [-0.25, -0.2) is 0 Å². The number of hydrogen-bond donors (Lipinski definition) is 1. The first-order chi connectivity index (χ1) is 5.94. The molecule has 0 aromatic carbocycles. The third kappa shape index (κ3) is 1.41. The van der Waals surface area contributed by atoms with E-state index < -0.39 is 0 Å². The smallest absolute Gasteiger partial charge is 0.138 e. The molecule has 0 aromatic rings. The van der Waals surface area contributed by atoms with Crippen LogP contribution in [0.3, 0.4) is 0 Å². The van der Waals surface area contributed by atoms with Crippen molar-refractivity contribution < 1.29 is 9.90 Å². The first-order valence-corrected chi connectivity index (χ1v) is 5.15. The molecule has 0 atom stereocenters. The van der Waals surface area contributed by atoms with E-state index in [2.05, 4.69) is 0 Å². The Morgan fingerprint density at radius 2 is 2.00 bits per heavy atom. The van der Waals surface area contributed by atoms with Crippen LogP contribution in [-0.2, 0) is 4.79 Å². The molecule has 2 saturated carbocycles. The summed E-state index contributed by atoms with van der Waals surface area (Å²) in [7, 11) is 0. The molecule has 2 heteroatoms. The average Bonchev–Trinajstić information content (AvgIpc) is 1.94. The highest BCUT2D eigenvalue weighted by Gasteiger charge is 2.51. The molecule has 0 bridgehead atoms.